The maximum absolute atomic E-state index is 4.16. The molecule has 0 atom stereocenters. The zero-order valence-electron chi connectivity index (χ0n) is 7.87. The predicted octanol–water partition coefficient (Wildman–Crippen LogP) is 4.14. The molecule has 0 radical (unpaired) electrons. The van der Waals surface area contributed by atoms with Crippen molar-refractivity contribution < 1.29 is 0 Å². The first-order chi connectivity index (χ1) is 5.88. The van der Waals surface area contributed by atoms with Crippen LogP contribution in [0.4, 0.5) is 5.00 Å². The summed E-state index contributed by atoms with van der Waals surface area (Å²) in [5, 5.41) is 3.05. The van der Waals surface area contributed by atoms with Gasteiger partial charge in [-0.15, -0.1) is 11.3 Å². The van der Waals surface area contributed by atoms with Crippen LogP contribution in [-0.4, -0.2) is 6.21 Å². The van der Waals surface area contributed by atoms with Crippen LogP contribution in [0.2, 0.25) is 0 Å². The van der Waals surface area contributed by atoms with Gasteiger partial charge in [0.1, 0.15) is 5.00 Å². The SMILES string of the molecule is C=Cc1ccsc1/N=C\C.CC. The van der Waals surface area contributed by atoms with E-state index in [9.17, 15) is 0 Å². The summed E-state index contributed by atoms with van der Waals surface area (Å²) in [6.45, 7) is 9.59. The first kappa shape index (κ1) is 11.1. The monoisotopic (exact) mass is 181 g/mol. The normalized spacial score (nSPS) is 9.25. The fraction of sp³-hybridized carbons (Fsp3) is 0.300. The Morgan fingerprint density at radius 2 is 2.17 bits per heavy atom. The van der Waals surface area contributed by atoms with Crippen molar-refractivity contribution in [3.63, 3.8) is 0 Å². The Kier molecular flexibility index (Phi) is 6.29. The van der Waals surface area contributed by atoms with E-state index >= 15 is 0 Å². The third-order valence-electron chi connectivity index (χ3n) is 1.14. The second kappa shape index (κ2) is 6.80. The topological polar surface area (TPSA) is 12.4 Å². The molecule has 0 saturated carbocycles. The molecule has 2 heteroatoms. The molecule has 0 fully saturated rings. The molecule has 0 N–H and O–H groups in total. The summed E-state index contributed by atoms with van der Waals surface area (Å²) in [6.07, 6.45) is 3.61. The quantitative estimate of drug-likeness (QED) is 0.608. The maximum atomic E-state index is 4.16. The molecule has 1 rings (SSSR count). The molecular formula is C10H15NS. The fourth-order valence-electron chi connectivity index (χ4n) is 0.689. The zero-order valence-corrected chi connectivity index (χ0v) is 8.69. The van der Waals surface area contributed by atoms with Crippen LogP contribution >= 0.6 is 11.3 Å². The van der Waals surface area contributed by atoms with E-state index in [1.807, 2.05) is 38.3 Å². The van der Waals surface area contributed by atoms with Gasteiger partial charge in [-0.3, -0.25) is 4.99 Å². The van der Waals surface area contributed by atoms with Crippen molar-refractivity contribution >= 4 is 28.6 Å². The van der Waals surface area contributed by atoms with E-state index in [0.29, 0.717) is 0 Å². The highest BCUT2D eigenvalue weighted by molar-refractivity contribution is 7.14. The molecular weight excluding hydrogens is 166 g/mol. The van der Waals surface area contributed by atoms with Crippen LogP contribution in [0.3, 0.4) is 0 Å². The van der Waals surface area contributed by atoms with Crippen LogP contribution in [0.25, 0.3) is 6.08 Å². The lowest BCUT2D eigenvalue weighted by molar-refractivity contribution is 1.50. The van der Waals surface area contributed by atoms with Crippen LogP contribution < -0.4 is 0 Å². The molecule has 1 aromatic heterocycles. The average Bonchev–Trinajstić information content (AvgIpc) is 2.56. The van der Waals surface area contributed by atoms with Gasteiger partial charge in [0, 0.05) is 11.8 Å². The van der Waals surface area contributed by atoms with Crippen molar-refractivity contribution in [2.24, 2.45) is 4.99 Å². The second-order valence-corrected chi connectivity index (χ2v) is 2.67. The van der Waals surface area contributed by atoms with Crippen molar-refractivity contribution in [3.05, 3.63) is 23.6 Å². The van der Waals surface area contributed by atoms with Gasteiger partial charge in [0.25, 0.3) is 0 Å². The highest BCUT2D eigenvalue weighted by Crippen LogP contribution is 2.26. The molecule has 66 valence electrons. The van der Waals surface area contributed by atoms with Crippen molar-refractivity contribution in [3.8, 4) is 0 Å². The molecule has 1 nitrogen and oxygen atoms in total. The lowest BCUT2D eigenvalue weighted by atomic mass is 10.3. The average molecular weight is 181 g/mol. The van der Waals surface area contributed by atoms with Gasteiger partial charge in [-0.1, -0.05) is 26.5 Å². The van der Waals surface area contributed by atoms with Crippen LogP contribution in [0, 0.1) is 0 Å². The van der Waals surface area contributed by atoms with Crippen LogP contribution in [0.5, 0.6) is 0 Å². The first-order valence-corrected chi connectivity index (χ1v) is 4.95. The summed E-state index contributed by atoms with van der Waals surface area (Å²) in [4.78, 5) is 4.16. The van der Waals surface area contributed by atoms with Gasteiger partial charge in [-0.05, 0) is 18.4 Å². The van der Waals surface area contributed by atoms with Gasteiger partial charge >= 0.3 is 0 Å². The molecule has 0 aromatic carbocycles. The van der Waals surface area contributed by atoms with E-state index in [-0.39, 0.29) is 0 Å². The number of rotatable bonds is 2. The largest absolute Gasteiger partial charge is 0.250 e. The fourth-order valence-corrected chi connectivity index (χ4v) is 1.49. The summed E-state index contributed by atoms with van der Waals surface area (Å²) in [5.41, 5.74) is 1.11. The highest BCUT2D eigenvalue weighted by Gasteiger charge is 1.94. The van der Waals surface area contributed by atoms with E-state index in [4.69, 9.17) is 0 Å². The number of hydrogen-bond donors (Lipinski definition) is 0. The number of hydrogen-bond acceptors (Lipinski definition) is 2. The Morgan fingerprint density at radius 3 is 2.67 bits per heavy atom. The zero-order chi connectivity index (χ0) is 9.40. The van der Waals surface area contributed by atoms with Gasteiger partial charge in [-0.25, -0.2) is 0 Å². The molecule has 1 aromatic rings. The Morgan fingerprint density at radius 1 is 1.50 bits per heavy atom. The molecule has 0 spiro atoms. The van der Waals surface area contributed by atoms with Gasteiger partial charge in [-0.2, -0.15) is 0 Å². The van der Waals surface area contributed by atoms with Gasteiger partial charge in [0.2, 0.25) is 0 Å². The predicted molar refractivity (Wildman–Crippen MR) is 59.6 cm³/mol. The number of nitrogens with zero attached hydrogens (tertiary/aromatic N) is 1. The van der Waals surface area contributed by atoms with Gasteiger partial charge in [0.05, 0.1) is 0 Å². The van der Waals surface area contributed by atoms with E-state index < -0.39 is 0 Å². The summed E-state index contributed by atoms with van der Waals surface area (Å²) in [6, 6.07) is 2.01. The summed E-state index contributed by atoms with van der Waals surface area (Å²) >= 11 is 1.63. The standard InChI is InChI=1S/C8H9NS.C2H6/c1-3-7-5-6-10-8(7)9-4-2;1-2/h3-6H,1H2,2H3;1-2H3/b9-4-;. The minimum Gasteiger partial charge on any atom is -0.250 e. The van der Waals surface area contributed by atoms with E-state index in [1.165, 1.54) is 0 Å². The Bertz CT molecular complexity index is 248. The van der Waals surface area contributed by atoms with E-state index in [2.05, 4.69) is 11.6 Å². The van der Waals surface area contributed by atoms with Gasteiger partial charge < -0.3 is 0 Å². The molecule has 0 aliphatic carbocycles. The number of aliphatic imine (C=N–C) groups is 1. The Labute approximate surface area is 78.5 Å². The molecule has 0 amide bonds. The molecule has 1 heterocycles. The summed E-state index contributed by atoms with van der Waals surface area (Å²) < 4.78 is 0. The molecule has 0 bridgehead atoms. The Balaban J connectivity index is 0.000000561. The lowest BCUT2D eigenvalue weighted by Crippen LogP contribution is -1.61. The maximum Gasteiger partial charge on any atom is 0.122 e. The minimum absolute atomic E-state index is 1.04. The molecule has 0 saturated heterocycles. The summed E-state index contributed by atoms with van der Waals surface area (Å²) in [7, 11) is 0. The second-order valence-electron chi connectivity index (χ2n) is 1.77. The Hall–Kier alpha value is -0.890. The van der Waals surface area contributed by atoms with Crippen LogP contribution in [0.1, 0.15) is 26.3 Å². The summed E-state index contributed by atoms with van der Waals surface area (Å²) in [5.74, 6) is 0. The van der Waals surface area contributed by atoms with Crippen molar-refractivity contribution in [1.29, 1.82) is 0 Å². The molecule has 0 aliphatic heterocycles. The third kappa shape index (κ3) is 3.01. The van der Waals surface area contributed by atoms with E-state index in [1.54, 1.807) is 17.6 Å². The molecule has 12 heavy (non-hydrogen) atoms. The molecule has 0 unspecified atom stereocenters. The lowest BCUT2D eigenvalue weighted by Gasteiger charge is -1.86. The highest BCUT2D eigenvalue weighted by atomic mass is 32.1. The minimum atomic E-state index is 1.04. The smallest absolute Gasteiger partial charge is 0.122 e. The van der Waals surface area contributed by atoms with Crippen molar-refractivity contribution in [2.45, 2.75) is 20.8 Å². The third-order valence-corrected chi connectivity index (χ3v) is 1.98. The molecule has 0 aliphatic rings. The van der Waals surface area contributed by atoms with Gasteiger partial charge in [0.15, 0.2) is 0 Å². The number of thiophene rings is 1. The van der Waals surface area contributed by atoms with E-state index in [0.717, 1.165) is 10.6 Å². The first-order valence-electron chi connectivity index (χ1n) is 4.07. The van der Waals surface area contributed by atoms with Crippen molar-refractivity contribution in [2.75, 3.05) is 0 Å². The van der Waals surface area contributed by atoms with Crippen LogP contribution in [0.15, 0.2) is 23.0 Å². The van der Waals surface area contributed by atoms with Crippen molar-refractivity contribution in [1.82, 2.24) is 0 Å². The van der Waals surface area contributed by atoms with Crippen LogP contribution in [-0.2, 0) is 0 Å².